The number of rotatable bonds is 20. The Morgan fingerprint density at radius 1 is 0.828 bits per heavy atom. The van der Waals surface area contributed by atoms with Crippen molar-refractivity contribution in [3.63, 3.8) is 0 Å². The van der Waals surface area contributed by atoms with Crippen molar-refractivity contribution < 1.29 is 24.2 Å². The highest BCUT2D eigenvalue weighted by molar-refractivity contribution is 6.24. The molecule has 9 nitrogen and oxygen atoms in total. The zero-order chi connectivity index (χ0) is 46.4. The van der Waals surface area contributed by atoms with Gasteiger partial charge in [0.1, 0.15) is 18.3 Å². The van der Waals surface area contributed by atoms with Gasteiger partial charge < -0.3 is 19.9 Å². The molecule has 5 atom stereocenters. The van der Waals surface area contributed by atoms with Gasteiger partial charge in [-0.1, -0.05) is 110 Å². The number of aliphatic imine (C=N–C) groups is 3. The van der Waals surface area contributed by atoms with Crippen LogP contribution in [0.2, 0.25) is 0 Å². The Hall–Kier alpha value is -5.31. The van der Waals surface area contributed by atoms with Crippen LogP contribution in [0.3, 0.4) is 0 Å². The number of hydrogen-bond acceptors (Lipinski definition) is 9. The van der Waals surface area contributed by atoms with E-state index in [9.17, 15) is 14.7 Å². The quantitative estimate of drug-likeness (QED) is 0.0928. The average Bonchev–Trinajstić information content (AvgIpc) is 3.99. The number of esters is 2. The lowest BCUT2D eigenvalue weighted by Gasteiger charge is -2.20. The molecule has 6 rings (SSSR count). The van der Waals surface area contributed by atoms with E-state index in [1.165, 1.54) is 57.6 Å². The molecule has 8 bridgehead atoms. The van der Waals surface area contributed by atoms with Gasteiger partial charge in [-0.15, -0.1) is 0 Å². The molecule has 9 heteroatoms. The molecule has 5 heterocycles. The van der Waals surface area contributed by atoms with Gasteiger partial charge in [0.05, 0.1) is 41.3 Å². The van der Waals surface area contributed by atoms with E-state index in [4.69, 9.17) is 24.5 Å². The van der Waals surface area contributed by atoms with Crippen molar-refractivity contribution in [2.24, 2.45) is 50.5 Å². The maximum Gasteiger partial charge on any atom is 0.321 e. The number of aliphatic hydroxyl groups is 1. The first-order chi connectivity index (χ1) is 30.6. The topological polar surface area (TPSA) is 122 Å². The Kier molecular flexibility index (Phi) is 15.9. The second kappa shape index (κ2) is 21.1. The third-order valence-corrected chi connectivity index (χ3v) is 14.1. The van der Waals surface area contributed by atoms with Gasteiger partial charge in [0.2, 0.25) is 0 Å². The molecular weight excluding hydrogens is 797 g/mol. The number of nitrogens with zero attached hydrogens (tertiary/aromatic N) is 3. The molecule has 1 unspecified atom stereocenters. The fourth-order valence-electron chi connectivity index (χ4n) is 9.98. The number of carbonyl (C=O) groups excluding carboxylic acids is 2. The highest BCUT2D eigenvalue weighted by atomic mass is 16.5. The number of allylic oxidation sites excluding steroid dienone is 12. The van der Waals surface area contributed by atoms with Crippen molar-refractivity contribution in [2.75, 3.05) is 13.7 Å². The zero-order valence-corrected chi connectivity index (χ0v) is 40.2. The molecule has 0 aromatic carbocycles. The minimum absolute atomic E-state index is 0.104. The molecule has 2 N–H and O–H groups in total. The molecule has 1 aliphatic carbocycles. The summed E-state index contributed by atoms with van der Waals surface area (Å²) in [6.07, 6.45) is 23.5. The Balaban J connectivity index is 1.20. The van der Waals surface area contributed by atoms with Crippen molar-refractivity contribution in [1.29, 1.82) is 0 Å². The summed E-state index contributed by atoms with van der Waals surface area (Å²) in [5, 5.41) is 15.6. The van der Waals surface area contributed by atoms with Gasteiger partial charge in [-0.25, -0.2) is 15.0 Å². The summed E-state index contributed by atoms with van der Waals surface area (Å²) < 4.78 is 11.1. The molecule has 0 aromatic rings. The molecule has 342 valence electrons. The molecule has 5 aliphatic heterocycles. The van der Waals surface area contributed by atoms with Crippen LogP contribution in [0.15, 0.2) is 143 Å². The second-order valence-electron chi connectivity index (χ2n) is 19.3. The van der Waals surface area contributed by atoms with Crippen LogP contribution in [0.5, 0.6) is 0 Å². The van der Waals surface area contributed by atoms with E-state index in [2.05, 4.69) is 60.0 Å². The van der Waals surface area contributed by atoms with Gasteiger partial charge in [0.25, 0.3) is 0 Å². The van der Waals surface area contributed by atoms with Gasteiger partial charge in [0.15, 0.2) is 0 Å². The lowest BCUT2D eigenvalue weighted by atomic mass is 9.84. The number of methoxy groups -OCH3 is 1. The predicted octanol–water partition coefficient (Wildman–Crippen LogP) is 12.7. The van der Waals surface area contributed by atoms with Crippen LogP contribution in [0.1, 0.15) is 133 Å². The summed E-state index contributed by atoms with van der Waals surface area (Å²) >= 11 is 0. The average molecular weight is 869 g/mol. The van der Waals surface area contributed by atoms with Crippen molar-refractivity contribution in [2.45, 2.75) is 133 Å². The molecule has 64 heavy (non-hydrogen) atoms. The van der Waals surface area contributed by atoms with E-state index in [1.54, 1.807) is 6.08 Å². The molecule has 1 fully saturated rings. The number of carbonyl (C=O) groups is 2. The van der Waals surface area contributed by atoms with Gasteiger partial charge in [-0.2, -0.15) is 0 Å². The summed E-state index contributed by atoms with van der Waals surface area (Å²) in [5.74, 6) is -0.107. The lowest BCUT2D eigenvalue weighted by Crippen LogP contribution is -2.25. The molecule has 0 aromatic heterocycles. The molecule has 0 spiro atoms. The van der Waals surface area contributed by atoms with Gasteiger partial charge >= 0.3 is 11.9 Å². The Bertz CT molecular complexity index is 2330. The van der Waals surface area contributed by atoms with Gasteiger partial charge in [-0.05, 0) is 106 Å². The minimum atomic E-state index is -1.09. The third kappa shape index (κ3) is 10.5. The first kappa shape index (κ1) is 48.2. The molecule has 6 aliphatic rings. The highest BCUT2D eigenvalue weighted by Gasteiger charge is 2.49. The van der Waals surface area contributed by atoms with E-state index in [0.29, 0.717) is 40.6 Å². The number of ether oxygens (including phenoxy) is 2. The second-order valence-corrected chi connectivity index (χ2v) is 19.3. The van der Waals surface area contributed by atoms with Crippen LogP contribution in [-0.2, 0) is 19.1 Å². The molecule has 0 saturated carbocycles. The van der Waals surface area contributed by atoms with Crippen molar-refractivity contribution >= 4 is 29.1 Å². The molecule has 0 amide bonds. The van der Waals surface area contributed by atoms with Crippen LogP contribution in [-0.4, -0.2) is 47.9 Å². The van der Waals surface area contributed by atoms with E-state index < -0.39 is 11.9 Å². The number of hydrogen-bond donors (Lipinski definition) is 2. The number of nitrogens with one attached hydrogen (secondary N) is 1. The van der Waals surface area contributed by atoms with E-state index in [-0.39, 0.29) is 36.6 Å². The highest BCUT2D eigenvalue weighted by Crippen LogP contribution is 2.49. The summed E-state index contributed by atoms with van der Waals surface area (Å²) in [5.41, 5.74) is 12.5. The van der Waals surface area contributed by atoms with Crippen molar-refractivity contribution in [1.82, 2.24) is 5.32 Å². The third-order valence-electron chi connectivity index (χ3n) is 14.1. The van der Waals surface area contributed by atoms with Gasteiger partial charge in [-0.3, -0.25) is 9.59 Å². The van der Waals surface area contributed by atoms with Crippen LogP contribution >= 0.6 is 0 Å². The lowest BCUT2D eigenvalue weighted by molar-refractivity contribution is -0.144. The summed E-state index contributed by atoms with van der Waals surface area (Å²) in [6, 6.07) is 0. The Morgan fingerprint density at radius 3 is 2.03 bits per heavy atom. The monoisotopic (exact) mass is 869 g/mol. The van der Waals surface area contributed by atoms with Crippen molar-refractivity contribution in [3.8, 4) is 0 Å². The maximum atomic E-state index is 13.6. The predicted molar refractivity (Wildman–Crippen MR) is 262 cm³/mol. The van der Waals surface area contributed by atoms with Crippen LogP contribution < -0.4 is 5.32 Å². The fraction of sp³-hybridized carbons (Fsp3) is 0.509. The van der Waals surface area contributed by atoms with Crippen LogP contribution in [0.25, 0.3) is 0 Å². The molecular formula is C55H72N4O5. The summed E-state index contributed by atoms with van der Waals surface area (Å²) in [7, 11) is 1.32. The Labute approximate surface area is 382 Å². The normalized spacial score (nSPS) is 22.7. The smallest absolute Gasteiger partial charge is 0.321 e. The number of fused-ring (bicyclic) bond motifs is 5. The summed E-state index contributed by atoms with van der Waals surface area (Å²) in [6.45, 7) is 28.0. The number of aliphatic hydroxyl groups excluding tert-OH is 1. The van der Waals surface area contributed by atoms with Gasteiger partial charge in [0, 0.05) is 51.9 Å². The van der Waals surface area contributed by atoms with E-state index >= 15 is 0 Å². The summed E-state index contributed by atoms with van der Waals surface area (Å²) in [4.78, 5) is 42.3. The standard InChI is InChI=1S/C55H72N4O5/c1-13-39-35(8)42-28-44-37(10)41(24-25-48(60)64-27-26-34(7)23-17-22-33(6)21-16-20-32(5)19-15-18-31(3)4)52(58-44)50-51(55(62)63-12)54(61)49-38(11)45(59-53(49)50)30-47-40(14-2)36(9)43(57-47)29-46(39)56-42/h13-14,26,28-33,37,41,51,58,61H,1-2,15-25,27H2,3-12H3/b34-26+,44-28?,46-29?,47-30?,52-50?/t32-,33-,37+,41+,51?/m1/s1. The largest absolute Gasteiger partial charge is 0.510 e. The van der Waals surface area contributed by atoms with Crippen LogP contribution in [0.4, 0.5) is 0 Å². The van der Waals surface area contributed by atoms with Crippen molar-refractivity contribution in [3.05, 3.63) is 128 Å². The first-order valence-electron chi connectivity index (χ1n) is 23.7. The van der Waals surface area contributed by atoms with E-state index in [0.717, 1.165) is 81.1 Å². The fourth-order valence-corrected chi connectivity index (χ4v) is 9.98. The first-order valence-corrected chi connectivity index (χ1v) is 23.7. The van der Waals surface area contributed by atoms with E-state index in [1.807, 2.05) is 51.2 Å². The van der Waals surface area contributed by atoms with Crippen LogP contribution in [0, 0.1) is 35.5 Å². The molecule has 1 saturated heterocycles. The molecule has 0 radical (unpaired) electrons. The SMILES string of the molecule is C=CC1=C(C)C2=NC1=CC1=C(C)C3=C(O)C(C(=O)OC)C(=C4NC(=CC5=NC(=C2)C(C=C)=C5C)[C@@H](C)[C@@H]4CCC(=O)OC/C=C(\C)CCC[C@H](C)CCC[C@H](C)CCCC(C)C)C3=N1. The minimum Gasteiger partial charge on any atom is -0.510 e. The maximum absolute atomic E-state index is 13.6. The zero-order valence-electron chi connectivity index (χ0n) is 40.2. The Morgan fingerprint density at radius 2 is 1.42 bits per heavy atom.